The number of fused-ring (bicyclic) bond motifs is 1. The van der Waals surface area contributed by atoms with Crippen molar-refractivity contribution < 1.29 is 9.47 Å². The second-order valence-electron chi connectivity index (χ2n) is 4.61. The minimum atomic E-state index is 0. The lowest BCUT2D eigenvalue weighted by Crippen LogP contribution is -2.23. The van der Waals surface area contributed by atoms with Gasteiger partial charge in [-0.1, -0.05) is 6.92 Å². The van der Waals surface area contributed by atoms with Gasteiger partial charge in [-0.05, 0) is 18.4 Å². The molecule has 0 radical (unpaired) electrons. The summed E-state index contributed by atoms with van der Waals surface area (Å²) in [6, 6.07) is 5.69. The Kier molecular flexibility index (Phi) is 8.02. The third-order valence-corrected chi connectivity index (χ3v) is 3.89. The molecule has 0 fully saturated rings. The Morgan fingerprint density at radius 3 is 2.81 bits per heavy atom. The number of nitrogens with two attached hydrogens (primary N) is 1. The number of thioether (sulfide) groups is 1. The van der Waals surface area contributed by atoms with Crippen LogP contribution in [0.3, 0.4) is 0 Å². The lowest BCUT2D eigenvalue weighted by atomic mass is 10.3. The number of nitrogens with zero attached hydrogens (tertiary/aromatic N) is 1. The fourth-order valence-corrected chi connectivity index (χ4v) is 1.95. The molecule has 5 nitrogen and oxygen atoms in total. The molecule has 1 unspecified atom stereocenters. The van der Waals surface area contributed by atoms with Crippen LogP contribution in [0.4, 0.5) is 5.69 Å². The Balaban J connectivity index is 0.00000220. The first-order chi connectivity index (χ1) is 9.69. The summed E-state index contributed by atoms with van der Waals surface area (Å²) in [7, 11) is 0. The molecule has 0 aromatic heterocycles. The maximum absolute atomic E-state index is 5.87. The van der Waals surface area contributed by atoms with Gasteiger partial charge in [0.1, 0.15) is 0 Å². The number of halogens is 1. The van der Waals surface area contributed by atoms with E-state index in [-0.39, 0.29) is 24.0 Å². The molecule has 0 amide bonds. The van der Waals surface area contributed by atoms with E-state index in [2.05, 4.69) is 23.5 Å². The molecule has 118 valence electrons. The van der Waals surface area contributed by atoms with E-state index in [4.69, 9.17) is 15.2 Å². The average Bonchev–Trinajstić information content (AvgIpc) is 2.69. The van der Waals surface area contributed by atoms with Crippen molar-refractivity contribution in [3.63, 3.8) is 0 Å². The molecule has 2 rings (SSSR count). The fraction of sp³-hybridized carbons (Fsp3) is 0.500. The number of hydrogen-bond donors (Lipinski definition) is 2. The van der Waals surface area contributed by atoms with E-state index < -0.39 is 0 Å². The SMILES string of the molecule is CSC(C)CN=C(N)Nc1ccc2c(c1)OCCCO2.I. The van der Waals surface area contributed by atoms with E-state index in [0.29, 0.717) is 31.0 Å². The molecule has 7 heteroatoms. The number of aliphatic imine (C=N–C) groups is 1. The lowest BCUT2D eigenvalue weighted by Gasteiger charge is -2.11. The zero-order valence-corrected chi connectivity index (χ0v) is 15.4. The van der Waals surface area contributed by atoms with Crippen LogP contribution in [-0.2, 0) is 0 Å². The normalized spacial score (nSPS) is 15.6. The molecule has 0 aliphatic carbocycles. The van der Waals surface area contributed by atoms with Gasteiger partial charge in [0.2, 0.25) is 0 Å². The van der Waals surface area contributed by atoms with Crippen LogP contribution in [0.15, 0.2) is 23.2 Å². The van der Waals surface area contributed by atoms with Crippen molar-refractivity contribution in [2.24, 2.45) is 10.7 Å². The molecule has 1 aromatic carbocycles. The van der Waals surface area contributed by atoms with Crippen molar-refractivity contribution in [1.82, 2.24) is 0 Å². The predicted molar refractivity (Wildman–Crippen MR) is 101 cm³/mol. The standard InChI is InChI=1S/C14H21N3O2S.HI/c1-10(20-2)9-16-14(15)17-11-4-5-12-13(8-11)19-7-3-6-18-12;/h4-5,8,10H,3,6-7,9H2,1-2H3,(H3,15,16,17);1H. The third-order valence-electron chi connectivity index (χ3n) is 2.94. The Bertz CT molecular complexity index is 485. The first-order valence-corrected chi connectivity index (χ1v) is 7.97. The smallest absolute Gasteiger partial charge is 0.193 e. The summed E-state index contributed by atoms with van der Waals surface area (Å²) in [5.74, 6) is 1.94. The van der Waals surface area contributed by atoms with Crippen LogP contribution in [-0.4, -0.2) is 37.2 Å². The lowest BCUT2D eigenvalue weighted by molar-refractivity contribution is 0.297. The quantitative estimate of drug-likeness (QED) is 0.443. The molecule has 3 N–H and O–H groups in total. The van der Waals surface area contributed by atoms with Crippen molar-refractivity contribution in [2.75, 3.05) is 31.3 Å². The van der Waals surface area contributed by atoms with Crippen molar-refractivity contribution in [3.8, 4) is 11.5 Å². The van der Waals surface area contributed by atoms with Crippen molar-refractivity contribution in [2.45, 2.75) is 18.6 Å². The first-order valence-electron chi connectivity index (χ1n) is 6.68. The van der Waals surface area contributed by atoms with Gasteiger partial charge in [-0.25, -0.2) is 0 Å². The minimum absolute atomic E-state index is 0. The zero-order chi connectivity index (χ0) is 14.4. The van der Waals surface area contributed by atoms with Crippen LogP contribution in [0.2, 0.25) is 0 Å². The molecule has 21 heavy (non-hydrogen) atoms. The Hall–Kier alpha value is -0.830. The summed E-state index contributed by atoms with van der Waals surface area (Å²) in [5.41, 5.74) is 6.73. The van der Waals surface area contributed by atoms with Crippen molar-refractivity contribution >= 4 is 47.4 Å². The monoisotopic (exact) mass is 423 g/mol. The predicted octanol–water partition coefficient (Wildman–Crippen LogP) is 2.94. The highest BCUT2D eigenvalue weighted by atomic mass is 127. The summed E-state index contributed by atoms with van der Waals surface area (Å²) < 4.78 is 11.2. The van der Waals surface area contributed by atoms with E-state index in [0.717, 1.165) is 23.6 Å². The summed E-state index contributed by atoms with van der Waals surface area (Å²) >= 11 is 1.77. The number of rotatable bonds is 4. The van der Waals surface area contributed by atoms with Gasteiger partial charge < -0.3 is 20.5 Å². The maximum atomic E-state index is 5.87. The van der Waals surface area contributed by atoms with Crippen molar-refractivity contribution in [3.05, 3.63) is 18.2 Å². The van der Waals surface area contributed by atoms with E-state index in [1.807, 2.05) is 18.2 Å². The van der Waals surface area contributed by atoms with E-state index in [1.54, 1.807) is 11.8 Å². The minimum Gasteiger partial charge on any atom is -0.490 e. The molecule has 1 aliphatic rings. The molecule has 1 aliphatic heterocycles. The highest BCUT2D eigenvalue weighted by molar-refractivity contribution is 14.0. The second kappa shape index (κ2) is 9.24. The molecular formula is C14H22IN3O2S. The van der Waals surface area contributed by atoms with Gasteiger partial charge in [0.05, 0.1) is 19.8 Å². The average molecular weight is 423 g/mol. The number of benzene rings is 1. The van der Waals surface area contributed by atoms with E-state index >= 15 is 0 Å². The number of hydrogen-bond acceptors (Lipinski definition) is 4. The maximum Gasteiger partial charge on any atom is 0.193 e. The van der Waals surface area contributed by atoms with E-state index in [1.165, 1.54) is 0 Å². The van der Waals surface area contributed by atoms with E-state index in [9.17, 15) is 0 Å². The van der Waals surface area contributed by atoms with Gasteiger partial charge in [0.25, 0.3) is 0 Å². The van der Waals surface area contributed by atoms with Crippen LogP contribution in [0.5, 0.6) is 11.5 Å². The fourth-order valence-electron chi connectivity index (χ4n) is 1.73. The number of guanidine groups is 1. The van der Waals surface area contributed by atoms with Crippen LogP contribution in [0, 0.1) is 0 Å². The topological polar surface area (TPSA) is 68.9 Å². The first kappa shape index (κ1) is 18.2. The van der Waals surface area contributed by atoms with Crippen LogP contribution >= 0.6 is 35.7 Å². The van der Waals surface area contributed by atoms with Crippen molar-refractivity contribution in [1.29, 1.82) is 0 Å². The Morgan fingerprint density at radius 2 is 2.10 bits per heavy atom. The Labute approximate surface area is 147 Å². The van der Waals surface area contributed by atoms with Gasteiger partial charge in [0, 0.05) is 23.4 Å². The number of ether oxygens (including phenoxy) is 2. The molecule has 0 saturated heterocycles. The molecular weight excluding hydrogens is 401 g/mol. The molecule has 1 atom stereocenters. The van der Waals surface area contributed by atoms with Gasteiger partial charge in [0.15, 0.2) is 17.5 Å². The number of nitrogens with one attached hydrogen (secondary N) is 1. The zero-order valence-electron chi connectivity index (χ0n) is 12.3. The van der Waals surface area contributed by atoms with Crippen LogP contribution in [0.1, 0.15) is 13.3 Å². The summed E-state index contributed by atoms with van der Waals surface area (Å²) in [6.07, 6.45) is 2.96. The molecule has 1 heterocycles. The molecule has 0 bridgehead atoms. The highest BCUT2D eigenvalue weighted by Gasteiger charge is 2.10. The highest BCUT2D eigenvalue weighted by Crippen LogP contribution is 2.32. The molecule has 1 aromatic rings. The largest absolute Gasteiger partial charge is 0.490 e. The van der Waals surface area contributed by atoms with Gasteiger partial charge in [-0.15, -0.1) is 24.0 Å². The summed E-state index contributed by atoms with van der Waals surface area (Å²) in [4.78, 5) is 4.31. The third kappa shape index (κ3) is 5.82. The van der Waals surface area contributed by atoms with Gasteiger partial charge in [-0.3, -0.25) is 4.99 Å². The molecule has 0 spiro atoms. The van der Waals surface area contributed by atoms with Gasteiger partial charge in [-0.2, -0.15) is 11.8 Å². The van der Waals surface area contributed by atoms with Crippen LogP contribution < -0.4 is 20.5 Å². The van der Waals surface area contributed by atoms with Gasteiger partial charge >= 0.3 is 0 Å². The van der Waals surface area contributed by atoms with Crippen LogP contribution in [0.25, 0.3) is 0 Å². The summed E-state index contributed by atoms with van der Waals surface area (Å²) in [6.45, 7) is 4.18. The molecule has 0 saturated carbocycles. The Morgan fingerprint density at radius 1 is 1.38 bits per heavy atom. The summed E-state index contributed by atoms with van der Waals surface area (Å²) in [5, 5.41) is 3.53. The second-order valence-corrected chi connectivity index (χ2v) is 5.89. The number of anilines is 1.